The molecule has 0 saturated carbocycles. The quantitative estimate of drug-likeness (QED) is 0.802. The van der Waals surface area contributed by atoms with E-state index >= 15 is 0 Å². The van der Waals surface area contributed by atoms with E-state index in [0.29, 0.717) is 5.76 Å². The normalized spacial score (nSPS) is 12.3. The van der Waals surface area contributed by atoms with Crippen LogP contribution in [0.2, 0.25) is 0 Å². The standard InChI is InChI=1S/C16H15N3O3/c1-10(14-9-11-5-3-4-6-13(11)22-14)17-16(21)12-7-8-15(20)19(2)18-12/h3-10H,1-2H3,(H,17,21)/t10-/m1/s1. The molecular weight excluding hydrogens is 282 g/mol. The summed E-state index contributed by atoms with van der Waals surface area (Å²) < 4.78 is 6.84. The molecule has 0 bridgehead atoms. The van der Waals surface area contributed by atoms with E-state index in [9.17, 15) is 9.59 Å². The van der Waals surface area contributed by atoms with Crippen LogP contribution in [0.1, 0.15) is 29.2 Å². The number of furan rings is 1. The Bertz CT molecular complexity index is 862. The van der Waals surface area contributed by atoms with E-state index < -0.39 is 0 Å². The molecule has 0 aliphatic rings. The molecule has 3 aromatic rings. The van der Waals surface area contributed by atoms with Crippen LogP contribution < -0.4 is 10.9 Å². The zero-order chi connectivity index (χ0) is 15.7. The first-order chi connectivity index (χ1) is 10.5. The Labute approximate surface area is 126 Å². The number of nitrogens with one attached hydrogen (secondary N) is 1. The number of carbonyl (C=O) groups excluding carboxylic acids is 1. The van der Waals surface area contributed by atoms with Crippen LogP contribution in [0.5, 0.6) is 0 Å². The van der Waals surface area contributed by atoms with Crippen LogP contribution in [0.3, 0.4) is 0 Å². The minimum Gasteiger partial charge on any atom is -0.459 e. The second-order valence-corrected chi connectivity index (χ2v) is 5.06. The molecule has 2 heterocycles. The van der Waals surface area contributed by atoms with Gasteiger partial charge in [-0.25, -0.2) is 4.68 Å². The van der Waals surface area contributed by atoms with Crippen molar-refractivity contribution in [1.29, 1.82) is 0 Å². The van der Waals surface area contributed by atoms with Gasteiger partial charge in [-0.15, -0.1) is 0 Å². The maximum absolute atomic E-state index is 12.2. The van der Waals surface area contributed by atoms with Gasteiger partial charge < -0.3 is 9.73 Å². The molecule has 0 spiro atoms. The number of nitrogens with zero attached hydrogens (tertiary/aromatic N) is 2. The highest BCUT2D eigenvalue weighted by Gasteiger charge is 2.16. The monoisotopic (exact) mass is 297 g/mol. The molecule has 1 amide bonds. The van der Waals surface area contributed by atoms with Crippen LogP contribution in [0, 0.1) is 0 Å². The lowest BCUT2D eigenvalue weighted by atomic mass is 10.2. The third-order valence-corrected chi connectivity index (χ3v) is 3.41. The predicted octanol–water partition coefficient (Wildman–Crippen LogP) is 2.02. The zero-order valence-electron chi connectivity index (χ0n) is 12.2. The Balaban J connectivity index is 1.80. The molecule has 1 atom stereocenters. The van der Waals surface area contributed by atoms with Crippen molar-refractivity contribution in [2.24, 2.45) is 7.05 Å². The lowest BCUT2D eigenvalue weighted by Crippen LogP contribution is -2.30. The summed E-state index contributed by atoms with van der Waals surface area (Å²) >= 11 is 0. The summed E-state index contributed by atoms with van der Waals surface area (Å²) in [7, 11) is 1.50. The number of rotatable bonds is 3. The molecule has 0 aliphatic carbocycles. The minimum absolute atomic E-state index is 0.185. The van der Waals surface area contributed by atoms with Gasteiger partial charge in [-0.2, -0.15) is 5.10 Å². The maximum atomic E-state index is 12.2. The lowest BCUT2D eigenvalue weighted by molar-refractivity contribution is 0.0928. The van der Waals surface area contributed by atoms with Crippen LogP contribution in [0.4, 0.5) is 0 Å². The van der Waals surface area contributed by atoms with Crippen LogP contribution in [0.15, 0.2) is 51.7 Å². The van der Waals surface area contributed by atoms with E-state index in [4.69, 9.17) is 4.42 Å². The van der Waals surface area contributed by atoms with Crippen molar-refractivity contribution in [1.82, 2.24) is 15.1 Å². The van der Waals surface area contributed by atoms with Crippen LogP contribution >= 0.6 is 0 Å². The molecule has 1 aromatic carbocycles. The molecule has 112 valence electrons. The lowest BCUT2D eigenvalue weighted by Gasteiger charge is -2.11. The summed E-state index contributed by atoms with van der Waals surface area (Å²) in [6.07, 6.45) is 0. The number of hydrogen-bond donors (Lipinski definition) is 1. The summed E-state index contributed by atoms with van der Waals surface area (Å²) in [5.41, 5.74) is 0.700. The Morgan fingerprint density at radius 1 is 1.27 bits per heavy atom. The average Bonchev–Trinajstić information content (AvgIpc) is 2.94. The molecule has 2 aromatic heterocycles. The molecule has 6 heteroatoms. The summed E-state index contributed by atoms with van der Waals surface area (Å²) in [6, 6.07) is 12.0. The van der Waals surface area contributed by atoms with Crippen LogP contribution in [-0.4, -0.2) is 15.7 Å². The predicted molar refractivity (Wildman–Crippen MR) is 81.6 cm³/mol. The maximum Gasteiger partial charge on any atom is 0.272 e. The highest BCUT2D eigenvalue weighted by atomic mass is 16.3. The third kappa shape index (κ3) is 2.63. The molecule has 0 saturated heterocycles. The van der Waals surface area contributed by atoms with E-state index in [1.54, 1.807) is 0 Å². The van der Waals surface area contributed by atoms with Gasteiger partial charge in [0.25, 0.3) is 11.5 Å². The average molecular weight is 297 g/mol. The van der Waals surface area contributed by atoms with Gasteiger partial charge in [0.05, 0.1) is 6.04 Å². The fourth-order valence-corrected chi connectivity index (χ4v) is 2.18. The molecule has 1 N–H and O–H groups in total. The van der Waals surface area contributed by atoms with Gasteiger partial charge >= 0.3 is 0 Å². The van der Waals surface area contributed by atoms with E-state index in [-0.39, 0.29) is 23.2 Å². The van der Waals surface area contributed by atoms with E-state index in [0.717, 1.165) is 15.7 Å². The van der Waals surface area contributed by atoms with E-state index in [1.165, 1.54) is 19.2 Å². The molecule has 0 aliphatic heterocycles. The summed E-state index contributed by atoms with van der Waals surface area (Å²) in [6.45, 7) is 1.83. The number of benzene rings is 1. The number of para-hydroxylation sites is 1. The Hall–Kier alpha value is -2.89. The molecule has 22 heavy (non-hydrogen) atoms. The first kappa shape index (κ1) is 14.1. The van der Waals surface area contributed by atoms with E-state index in [2.05, 4.69) is 10.4 Å². The highest BCUT2D eigenvalue weighted by Crippen LogP contribution is 2.23. The fourth-order valence-electron chi connectivity index (χ4n) is 2.18. The summed E-state index contributed by atoms with van der Waals surface area (Å²) in [4.78, 5) is 23.5. The molecule has 6 nitrogen and oxygen atoms in total. The Morgan fingerprint density at radius 3 is 2.77 bits per heavy atom. The van der Waals surface area contributed by atoms with Gasteiger partial charge in [0.1, 0.15) is 17.0 Å². The molecule has 3 rings (SSSR count). The first-order valence-electron chi connectivity index (χ1n) is 6.88. The van der Waals surface area contributed by atoms with Crippen molar-refractivity contribution in [2.45, 2.75) is 13.0 Å². The van der Waals surface area contributed by atoms with Gasteiger partial charge in [0, 0.05) is 18.5 Å². The third-order valence-electron chi connectivity index (χ3n) is 3.41. The van der Waals surface area contributed by atoms with Crippen LogP contribution in [0.25, 0.3) is 11.0 Å². The molecule has 0 fully saturated rings. The van der Waals surface area contributed by atoms with Gasteiger partial charge in [0.2, 0.25) is 0 Å². The van der Waals surface area contributed by atoms with Crippen molar-refractivity contribution in [3.63, 3.8) is 0 Å². The van der Waals surface area contributed by atoms with Crippen molar-refractivity contribution in [3.8, 4) is 0 Å². The van der Waals surface area contributed by atoms with Gasteiger partial charge in [-0.1, -0.05) is 18.2 Å². The number of hydrogen-bond acceptors (Lipinski definition) is 4. The summed E-state index contributed by atoms with van der Waals surface area (Å²) in [5, 5.41) is 7.72. The minimum atomic E-state index is -0.358. The number of fused-ring (bicyclic) bond motifs is 1. The number of amides is 1. The SMILES string of the molecule is C[C@@H](NC(=O)c1ccc(=O)n(C)n1)c1cc2ccccc2o1. The summed E-state index contributed by atoms with van der Waals surface area (Å²) in [5.74, 6) is 0.308. The Morgan fingerprint density at radius 2 is 2.05 bits per heavy atom. The molecular formula is C16H15N3O3. The van der Waals surface area contributed by atoms with Crippen molar-refractivity contribution < 1.29 is 9.21 Å². The first-order valence-corrected chi connectivity index (χ1v) is 6.88. The smallest absolute Gasteiger partial charge is 0.272 e. The fraction of sp³-hybridized carbons (Fsp3) is 0.188. The van der Waals surface area contributed by atoms with Crippen molar-refractivity contribution in [3.05, 3.63) is 64.3 Å². The second-order valence-electron chi connectivity index (χ2n) is 5.06. The molecule has 0 radical (unpaired) electrons. The Kier molecular flexibility index (Phi) is 3.50. The number of aromatic nitrogens is 2. The second kappa shape index (κ2) is 5.48. The van der Waals surface area contributed by atoms with E-state index in [1.807, 2.05) is 37.3 Å². The van der Waals surface area contributed by atoms with Crippen molar-refractivity contribution in [2.75, 3.05) is 0 Å². The van der Waals surface area contributed by atoms with Crippen molar-refractivity contribution >= 4 is 16.9 Å². The largest absolute Gasteiger partial charge is 0.459 e. The van der Waals surface area contributed by atoms with Gasteiger partial charge in [-0.3, -0.25) is 9.59 Å². The molecule has 0 unspecified atom stereocenters. The number of carbonyl (C=O) groups is 1. The van der Waals surface area contributed by atoms with Crippen LogP contribution in [-0.2, 0) is 7.05 Å². The van der Waals surface area contributed by atoms with Gasteiger partial charge in [-0.05, 0) is 25.1 Å². The number of aryl methyl sites for hydroxylation is 1. The highest BCUT2D eigenvalue weighted by molar-refractivity contribution is 5.92. The zero-order valence-corrected chi connectivity index (χ0v) is 12.2. The van der Waals surface area contributed by atoms with Gasteiger partial charge in [0.15, 0.2) is 0 Å². The topological polar surface area (TPSA) is 77.1 Å².